The summed E-state index contributed by atoms with van der Waals surface area (Å²) in [4.78, 5) is 0. The molecule has 1 saturated heterocycles. The summed E-state index contributed by atoms with van der Waals surface area (Å²) < 4.78 is 17.3. The van der Waals surface area contributed by atoms with Crippen molar-refractivity contribution in [3.05, 3.63) is 15.9 Å². The molecule has 1 fully saturated rings. The molecule has 3 nitrogen and oxygen atoms in total. The van der Waals surface area contributed by atoms with Crippen LogP contribution in [0.3, 0.4) is 0 Å². The average molecular weight is 318 g/mol. The molecule has 1 N–H and O–H groups in total. The van der Waals surface area contributed by atoms with Crippen molar-refractivity contribution in [1.82, 2.24) is 15.1 Å². The standard InChI is InChI=1S/C13H21BrFN3/c1-3-18-12(13(14)9(2)17-18)7-11(15)10-5-4-6-16-8-10/h10-11,16H,3-8H2,1-2H3. The number of hydrogen-bond donors (Lipinski definition) is 1. The monoisotopic (exact) mass is 317 g/mol. The summed E-state index contributed by atoms with van der Waals surface area (Å²) in [6.07, 6.45) is 1.75. The first-order valence-corrected chi connectivity index (χ1v) is 7.49. The first kappa shape index (κ1) is 14.0. The lowest BCUT2D eigenvalue weighted by molar-refractivity contribution is 0.188. The third kappa shape index (κ3) is 2.94. The number of alkyl halides is 1. The molecular formula is C13H21BrFN3. The van der Waals surface area contributed by atoms with Gasteiger partial charge in [-0.1, -0.05) is 0 Å². The molecule has 2 unspecified atom stereocenters. The Morgan fingerprint density at radius 3 is 3.00 bits per heavy atom. The maximum absolute atomic E-state index is 14.4. The van der Waals surface area contributed by atoms with Crippen molar-refractivity contribution in [3.8, 4) is 0 Å². The molecule has 18 heavy (non-hydrogen) atoms. The van der Waals surface area contributed by atoms with E-state index in [4.69, 9.17) is 0 Å². The van der Waals surface area contributed by atoms with Crippen molar-refractivity contribution >= 4 is 15.9 Å². The molecule has 2 atom stereocenters. The summed E-state index contributed by atoms with van der Waals surface area (Å²) >= 11 is 3.53. The number of aryl methyl sites for hydroxylation is 2. The van der Waals surface area contributed by atoms with E-state index in [1.54, 1.807) is 0 Å². The van der Waals surface area contributed by atoms with Crippen molar-refractivity contribution in [3.63, 3.8) is 0 Å². The van der Waals surface area contributed by atoms with Gasteiger partial charge in [0.1, 0.15) is 6.17 Å². The van der Waals surface area contributed by atoms with Gasteiger partial charge in [0.2, 0.25) is 0 Å². The molecule has 0 amide bonds. The summed E-state index contributed by atoms with van der Waals surface area (Å²) in [7, 11) is 0. The van der Waals surface area contributed by atoms with Crippen LogP contribution in [0.4, 0.5) is 4.39 Å². The van der Waals surface area contributed by atoms with Gasteiger partial charge in [-0.25, -0.2) is 4.39 Å². The summed E-state index contributed by atoms with van der Waals surface area (Å²) in [5.74, 6) is 0.145. The summed E-state index contributed by atoms with van der Waals surface area (Å²) in [6.45, 7) is 6.61. The average Bonchev–Trinajstić information content (AvgIpc) is 2.67. The Morgan fingerprint density at radius 2 is 2.39 bits per heavy atom. The Balaban J connectivity index is 2.08. The lowest BCUT2D eigenvalue weighted by Gasteiger charge is -2.26. The molecule has 1 aromatic heterocycles. The number of nitrogens with one attached hydrogen (secondary N) is 1. The van der Waals surface area contributed by atoms with Gasteiger partial charge in [-0.05, 0) is 49.2 Å². The van der Waals surface area contributed by atoms with Crippen LogP contribution in [0.1, 0.15) is 31.2 Å². The molecule has 0 spiro atoms. The largest absolute Gasteiger partial charge is 0.316 e. The lowest BCUT2D eigenvalue weighted by Crippen LogP contribution is -2.36. The molecule has 0 aromatic carbocycles. The Bertz CT molecular complexity index is 399. The second kappa shape index (κ2) is 6.15. The Hall–Kier alpha value is -0.420. The minimum Gasteiger partial charge on any atom is -0.316 e. The van der Waals surface area contributed by atoms with Gasteiger partial charge >= 0.3 is 0 Å². The fourth-order valence-corrected chi connectivity index (χ4v) is 3.05. The van der Waals surface area contributed by atoms with Gasteiger partial charge in [-0.2, -0.15) is 5.10 Å². The van der Waals surface area contributed by atoms with Crippen LogP contribution in [-0.2, 0) is 13.0 Å². The third-order valence-corrected chi connectivity index (χ3v) is 4.72. The van der Waals surface area contributed by atoms with Gasteiger partial charge in [0, 0.05) is 25.4 Å². The molecule has 1 aliphatic rings. The number of nitrogens with zero attached hydrogens (tertiary/aromatic N) is 2. The van der Waals surface area contributed by atoms with Crippen molar-refractivity contribution in [2.75, 3.05) is 13.1 Å². The zero-order valence-corrected chi connectivity index (χ0v) is 12.6. The van der Waals surface area contributed by atoms with Crippen molar-refractivity contribution in [2.45, 2.75) is 45.8 Å². The number of piperidine rings is 1. The molecule has 0 aliphatic carbocycles. The molecule has 1 aromatic rings. The van der Waals surface area contributed by atoms with Crippen LogP contribution in [0, 0.1) is 12.8 Å². The van der Waals surface area contributed by atoms with Crippen LogP contribution in [0.2, 0.25) is 0 Å². The Morgan fingerprint density at radius 1 is 1.61 bits per heavy atom. The van der Waals surface area contributed by atoms with Crippen LogP contribution < -0.4 is 5.32 Å². The Kier molecular flexibility index (Phi) is 4.78. The maximum atomic E-state index is 14.4. The van der Waals surface area contributed by atoms with E-state index < -0.39 is 6.17 Å². The number of halogens is 2. The van der Waals surface area contributed by atoms with Gasteiger partial charge in [0.25, 0.3) is 0 Å². The van der Waals surface area contributed by atoms with Crippen LogP contribution in [0.5, 0.6) is 0 Å². The molecule has 5 heteroatoms. The first-order valence-electron chi connectivity index (χ1n) is 6.70. The van der Waals surface area contributed by atoms with E-state index in [0.29, 0.717) is 6.42 Å². The maximum Gasteiger partial charge on any atom is 0.110 e. The van der Waals surface area contributed by atoms with Crippen molar-refractivity contribution < 1.29 is 4.39 Å². The quantitative estimate of drug-likeness (QED) is 0.925. The Labute approximate surface area is 116 Å². The van der Waals surface area contributed by atoms with Crippen molar-refractivity contribution in [2.24, 2.45) is 5.92 Å². The SMILES string of the molecule is CCn1nc(C)c(Br)c1CC(F)C1CCCNC1. The molecule has 1 aliphatic heterocycles. The predicted octanol–water partition coefficient (Wildman–Crippen LogP) is 2.85. The minimum atomic E-state index is -0.782. The van der Waals surface area contributed by atoms with Gasteiger partial charge in [0.05, 0.1) is 15.9 Å². The third-order valence-electron chi connectivity index (χ3n) is 3.69. The molecular weight excluding hydrogens is 297 g/mol. The molecule has 0 bridgehead atoms. The van der Waals surface area contributed by atoms with Crippen LogP contribution in [0.15, 0.2) is 4.47 Å². The predicted molar refractivity (Wildman–Crippen MR) is 74.5 cm³/mol. The van der Waals surface area contributed by atoms with E-state index in [2.05, 4.69) is 26.3 Å². The second-order valence-electron chi connectivity index (χ2n) is 4.99. The zero-order valence-electron chi connectivity index (χ0n) is 11.0. The number of aromatic nitrogens is 2. The zero-order chi connectivity index (χ0) is 13.1. The highest BCUT2D eigenvalue weighted by molar-refractivity contribution is 9.10. The molecule has 2 rings (SSSR count). The van der Waals surface area contributed by atoms with E-state index in [1.807, 2.05) is 18.5 Å². The first-order chi connectivity index (χ1) is 8.63. The van der Waals surface area contributed by atoms with E-state index in [0.717, 1.165) is 48.3 Å². The van der Waals surface area contributed by atoms with E-state index >= 15 is 0 Å². The van der Waals surface area contributed by atoms with E-state index in [1.165, 1.54) is 0 Å². The molecule has 0 radical (unpaired) electrons. The minimum absolute atomic E-state index is 0.145. The number of rotatable bonds is 4. The van der Waals surface area contributed by atoms with Gasteiger partial charge in [0.15, 0.2) is 0 Å². The number of hydrogen-bond acceptors (Lipinski definition) is 2. The highest BCUT2D eigenvalue weighted by Gasteiger charge is 2.26. The topological polar surface area (TPSA) is 29.9 Å². The van der Waals surface area contributed by atoms with Gasteiger partial charge in [-0.15, -0.1) is 0 Å². The fraction of sp³-hybridized carbons (Fsp3) is 0.769. The van der Waals surface area contributed by atoms with Crippen molar-refractivity contribution in [1.29, 1.82) is 0 Å². The molecule has 0 saturated carbocycles. The summed E-state index contributed by atoms with van der Waals surface area (Å²) in [5.41, 5.74) is 1.94. The van der Waals surface area contributed by atoms with Crippen LogP contribution >= 0.6 is 15.9 Å². The smallest absolute Gasteiger partial charge is 0.110 e. The molecule has 102 valence electrons. The highest BCUT2D eigenvalue weighted by Crippen LogP contribution is 2.26. The highest BCUT2D eigenvalue weighted by atomic mass is 79.9. The summed E-state index contributed by atoms with van der Waals surface area (Å²) in [5, 5.41) is 7.69. The van der Waals surface area contributed by atoms with Crippen LogP contribution in [-0.4, -0.2) is 29.0 Å². The van der Waals surface area contributed by atoms with Gasteiger partial charge < -0.3 is 5.32 Å². The second-order valence-corrected chi connectivity index (χ2v) is 5.78. The van der Waals surface area contributed by atoms with E-state index in [-0.39, 0.29) is 5.92 Å². The van der Waals surface area contributed by atoms with Gasteiger partial charge in [-0.3, -0.25) is 4.68 Å². The fourth-order valence-electron chi connectivity index (χ4n) is 2.60. The van der Waals surface area contributed by atoms with E-state index in [9.17, 15) is 4.39 Å². The van der Waals surface area contributed by atoms with Crippen LogP contribution in [0.25, 0.3) is 0 Å². The summed E-state index contributed by atoms with van der Waals surface area (Å²) in [6, 6.07) is 0. The normalized spacial score (nSPS) is 22.1. The lowest BCUT2D eigenvalue weighted by atomic mass is 9.92. The molecule has 2 heterocycles.